The Morgan fingerprint density at radius 1 is 1.35 bits per heavy atom. The van der Waals surface area contributed by atoms with Crippen molar-refractivity contribution in [2.24, 2.45) is 0 Å². The highest BCUT2D eigenvalue weighted by Crippen LogP contribution is 2.28. The van der Waals surface area contributed by atoms with Crippen LogP contribution in [-0.2, 0) is 16.6 Å². The Kier molecular flexibility index (Phi) is 4.54. The maximum atomic E-state index is 12.7. The van der Waals surface area contributed by atoms with E-state index in [1.165, 1.54) is 15.9 Å². The van der Waals surface area contributed by atoms with Crippen LogP contribution in [-0.4, -0.2) is 30.9 Å². The van der Waals surface area contributed by atoms with Crippen molar-refractivity contribution in [2.45, 2.75) is 31.8 Å². The third kappa shape index (κ3) is 2.91. The summed E-state index contributed by atoms with van der Waals surface area (Å²) in [6.45, 7) is 4.33. The van der Waals surface area contributed by atoms with Gasteiger partial charge < -0.3 is 5.11 Å². The molecule has 2 rings (SSSR count). The quantitative estimate of drug-likeness (QED) is 0.872. The van der Waals surface area contributed by atoms with Gasteiger partial charge in [-0.2, -0.15) is 4.31 Å². The number of nitrogens with zero attached hydrogens (tertiary/aromatic N) is 1. The van der Waals surface area contributed by atoms with Gasteiger partial charge in [0.05, 0.1) is 11.5 Å². The van der Waals surface area contributed by atoms with Crippen LogP contribution in [0.4, 0.5) is 0 Å². The van der Waals surface area contributed by atoms with Crippen molar-refractivity contribution >= 4 is 21.6 Å². The van der Waals surface area contributed by atoms with E-state index >= 15 is 0 Å². The fourth-order valence-corrected chi connectivity index (χ4v) is 4.23. The summed E-state index contributed by atoms with van der Waals surface area (Å²) in [7, 11) is -3.58. The normalized spacial score (nSPS) is 17.1. The molecule has 6 heteroatoms. The zero-order valence-electron chi connectivity index (χ0n) is 11.6. The van der Waals surface area contributed by atoms with Crippen LogP contribution in [0.1, 0.15) is 24.5 Å². The Labute approximate surface area is 124 Å². The molecule has 0 saturated heterocycles. The Bertz CT molecular complexity index is 653. The van der Waals surface area contributed by atoms with Crippen molar-refractivity contribution in [2.75, 3.05) is 13.1 Å². The van der Waals surface area contributed by atoms with Crippen LogP contribution < -0.4 is 0 Å². The summed E-state index contributed by atoms with van der Waals surface area (Å²) in [5, 5.41) is 9.62. The van der Waals surface area contributed by atoms with Crippen LogP contribution >= 0.6 is 11.6 Å². The number of hydrogen-bond donors (Lipinski definition) is 1. The van der Waals surface area contributed by atoms with Crippen LogP contribution in [0.3, 0.4) is 0 Å². The Balaban J connectivity index is 2.47. The van der Waals surface area contributed by atoms with Gasteiger partial charge in [0.15, 0.2) is 0 Å². The largest absolute Gasteiger partial charge is 0.392 e. The van der Waals surface area contributed by atoms with Crippen LogP contribution in [0.2, 0.25) is 5.02 Å². The summed E-state index contributed by atoms with van der Waals surface area (Å²) < 4.78 is 26.8. The average Bonchev–Trinajstić information content (AvgIpc) is 2.41. The van der Waals surface area contributed by atoms with Crippen molar-refractivity contribution in [3.05, 3.63) is 39.9 Å². The summed E-state index contributed by atoms with van der Waals surface area (Å²) in [6.07, 6.45) is 2.67. The second-order valence-corrected chi connectivity index (χ2v) is 7.35. The molecule has 0 spiro atoms. The lowest BCUT2D eigenvalue weighted by molar-refractivity contribution is 0.280. The third-order valence-corrected chi connectivity index (χ3v) is 5.83. The summed E-state index contributed by atoms with van der Waals surface area (Å²) in [5.41, 5.74) is 2.30. The average molecular weight is 316 g/mol. The van der Waals surface area contributed by atoms with Crippen molar-refractivity contribution in [3.8, 4) is 0 Å². The molecule has 1 aromatic carbocycles. The third-order valence-electron chi connectivity index (χ3n) is 3.62. The monoisotopic (exact) mass is 315 g/mol. The maximum absolute atomic E-state index is 12.7. The highest BCUT2D eigenvalue weighted by atomic mass is 35.5. The number of aliphatic hydroxyl groups excluding tert-OH is 1. The maximum Gasteiger partial charge on any atom is 0.243 e. The van der Waals surface area contributed by atoms with Gasteiger partial charge in [0.2, 0.25) is 10.0 Å². The first-order valence-corrected chi connectivity index (χ1v) is 8.23. The molecule has 0 saturated carbocycles. The zero-order chi connectivity index (χ0) is 14.9. The molecule has 0 fully saturated rings. The van der Waals surface area contributed by atoms with E-state index in [9.17, 15) is 13.5 Å². The van der Waals surface area contributed by atoms with Crippen LogP contribution in [0.5, 0.6) is 0 Å². The van der Waals surface area contributed by atoms with E-state index in [1.54, 1.807) is 13.0 Å². The molecule has 0 radical (unpaired) electrons. The fourth-order valence-electron chi connectivity index (χ4n) is 2.25. The summed E-state index contributed by atoms with van der Waals surface area (Å²) in [4.78, 5) is 0.182. The summed E-state index contributed by atoms with van der Waals surface area (Å²) in [6, 6.07) is 3.05. The van der Waals surface area contributed by atoms with Crippen molar-refractivity contribution in [1.82, 2.24) is 4.31 Å². The van der Waals surface area contributed by atoms with Gasteiger partial charge >= 0.3 is 0 Å². The van der Waals surface area contributed by atoms with Crippen LogP contribution in [0.15, 0.2) is 28.7 Å². The minimum Gasteiger partial charge on any atom is -0.392 e. The predicted octanol–water partition coefficient (Wildman–Crippen LogP) is 2.48. The second-order valence-electron chi connectivity index (χ2n) is 5.01. The number of aliphatic hydroxyl groups is 1. The van der Waals surface area contributed by atoms with Crippen LogP contribution in [0.25, 0.3) is 0 Å². The highest BCUT2D eigenvalue weighted by Gasteiger charge is 2.28. The molecule has 0 atom stereocenters. The van der Waals surface area contributed by atoms with Crippen LogP contribution in [0, 0.1) is 6.92 Å². The van der Waals surface area contributed by atoms with E-state index in [0.29, 0.717) is 29.2 Å². The molecule has 0 aliphatic carbocycles. The fraction of sp³-hybridized carbons (Fsp3) is 0.429. The van der Waals surface area contributed by atoms with Gasteiger partial charge in [-0.25, -0.2) is 8.42 Å². The van der Waals surface area contributed by atoms with Gasteiger partial charge in [-0.05, 0) is 43.5 Å². The molecule has 110 valence electrons. The summed E-state index contributed by atoms with van der Waals surface area (Å²) in [5.74, 6) is 0. The van der Waals surface area contributed by atoms with E-state index in [-0.39, 0.29) is 11.5 Å². The molecule has 1 N–H and O–H groups in total. The Hall–Kier alpha value is -0.880. The first kappa shape index (κ1) is 15.5. The van der Waals surface area contributed by atoms with Gasteiger partial charge in [-0.3, -0.25) is 0 Å². The standard InChI is InChI=1S/C14H18ClNO3S/c1-10-3-5-16(6-4-10)20(18,19)14-8-13(15)7-12(9-17)11(14)2/h3,7-8,17H,4-6,9H2,1-2H3. The number of benzene rings is 1. The number of rotatable bonds is 3. The lowest BCUT2D eigenvalue weighted by Gasteiger charge is -2.26. The zero-order valence-corrected chi connectivity index (χ0v) is 13.1. The molecule has 0 unspecified atom stereocenters. The van der Waals surface area contributed by atoms with Gasteiger partial charge in [0, 0.05) is 18.1 Å². The Morgan fingerprint density at radius 3 is 2.60 bits per heavy atom. The lowest BCUT2D eigenvalue weighted by atomic mass is 10.1. The van der Waals surface area contributed by atoms with Gasteiger partial charge in [-0.15, -0.1) is 0 Å². The van der Waals surface area contributed by atoms with Crippen molar-refractivity contribution in [1.29, 1.82) is 0 Å². The molecule has 0 aromatic heterocycles. The van der Waals surface area contributed by atoms with Gasteiger partial charge in [-0.1, -0.05) is 23.3 Å². The SMILES string of the molecule is CC1=CCN(S(=O)(=O)c2cc(Cl)cc(CO)c2C)CC1. The molecule has 1 aromatic rings. The predicted molar refractivity (Wildman–Crippen MR) is 79.2 cm³/mol. The van der Waals surface area contributed by atoms with E-state index in [0.717, 1.165) is 6.42 Å². The number of sulfonamides is 1. The van der Waals surface area contributed by atoms with E-state index in [4.69, 9.17) is 11.6 Å². The molecule has 1 heterocycles. The molecular formula is C14H18ClNO3S. The number of halogens is 1. The molecule has 1 aliphatic heterocycles. The minimum atomic E-state index is -3.58. The number of hydrogen-bond acceptors (Lipinski definition) is 3. The molecule has 4 nitrogen and oxygen atoms in total. The molecule has 1 aliphatic rings. The molecule has 0 bridgehead atoms. The van der Waals surface area contributed by atoms with Gasteiger partial charge in [0.1, 0.15) is 0 Å². The topological polar surface area (TPSA) is 57.6 Å². The van der Waals surface area contributed by atoms with Gasteiger partial charge in [0.25, 0.3) is 0 Å². The Morgan fingerprint density at radius 2 is 2.05 bits per heavy atom. The molecule has 0 amide bonds. The molecule has 20 heavy (non-hydrogen) atoms. The minimum absolute atomic E-state index is 0.182. The van der Waals surface area contributed by atoms with Crippen molar-refractivity contribution < 1.29 is 13.5 Å². The second kappa shape index (κ2) is 5.85. The van der Waals surface area contributed by atoms with E-state index in [2.05, 4.69) is 0 Å². The van der Waals surface area contributed by atoms with E-state index < -0.39 is 10.0 Å². The van der Waals surface area contributed by atoms with Crippen molar-refractivity contribution in [3.63, 3.8) is 0 Å². The first-order chi connectivity index (χ1) is 9.36. The lowest BCUT2D eigenvalue weighted by Crippen LogP contribution is -2.35. The molecular weight excluding hydrogens is 298 g/mol. The smallest absolute Gasteiger partial charge is 0.243 e. The first-order valence-electron chi connectivity index (χ1n) is 6.42. The summed E-state index contributed by atoms with van der Waals surface area (Å²) >= 11 is 5.96. The highest BCUT2D eigenvalue weighted by molar-refractivity contribution is 7.89. The van der Waals surface area contributed by atoms with E-state index in [1.807, 2.05) is 13.0 Å².